The third-order valence-corrected chi connectivity index (χ3v) is 2.01. The first-order valence-corrected chi connectivity index (χ1v) is 4.29. The van der Waals surface area contributed by atoms with Gasteiger partial charge in [-0.25, -0.2) is 0 Å². The van der Waals surface area contributed by atoms with Crippen molar-refractivity contribution in [2.75, 3.05) is 0 Å². The Morgan fingerprint density at radius 1 is 1.70 bits per heavy atom. The van der Waals surface area contributed by atoms with Crippen LogP contribution in [0.25, 0.3) is 0 Å². The monoisotopic (exact) mass is 154 g/mol. The van der Waals surface area contributed by atoms with Gasteiger partial charge in [-0.1, -0.05) is 13.8 Å². The molecule has 0 aliphatic rings. The van der Waals surface area contributed by atoms with E-state index in [1.807, 2.05) is 6.07 Å². The lowest BCUT2D eigenvalue weighted by atomic mass is 10.4. The quantitative estimate of drug-likeness (QED) is 0.702. The van der Waals surface area contributed by atoms with Crippen LogP contribution in [0, 0.1) is 5.38 Å². The molecule has 1 aromatic rings. The number of nitrogens with one attached hydrogen (secondary N) is 1. The van der Waals surface area contributed by atoms with E-state index >= 15 is 0 Å². The molecule has 55 valence electrons. The maximum Gasteiger partial charge on any atom is 0.0446 e. The van der Waals surface area contributed by atoms with Crippen molar-refractivity contribution < 1.29 is 0 Å². The summed E-state index contributed by atoms with van der Waals surface area (Å²) in [6, 6.07) is 4.63. The maximum absolute atomic E-state index is 3.34. The van der Waals surface area contributed by atoms with Gasteiger partial charge >= 0.3 is 0 Å². The molecule has 0 fully saturated rings. The van der Waals surface area contributed by atoms with Gasteiger partial charge in [-0.15, -0.1) is 11.3 Å². The van der Waals surface area contributed by atoms with Crippen molar-refractivity contribution in [1.82, 2.24) is 5.32 Å². The summed E-state index contributed by atoms with van der Waals surface area (Å²) in [6.45, 7) is 5.28. The Labute approximate surface area is 66.1 Å². The molecule has 0 saturated heterocycles. The lowest BCUT2D eigenvalue weighted by Crippen LogP contribution is -2.21. The Morgan fingerprint density at radius 2 is 2.50 bits per heavy atom. The van der Waals surface area contributed by atoms with Gasteiger partial charge in [0.25, 0.3) is 0 Å². The minimum atomic E-state index is 0.571. The van der Waals surface area contributed by atoms with Crippen LogP contribution in [0.15, 0.2) is 12.1 Å². The van der Waals surface area contributed by atoms with Crippen molar-refractivity contribution in [3.8, 4) is 0 Å². The van der Waals surface area contributed by atoms with Gasteiger partial charge in [-0.3, -0.25) is 0 Å². The van der Waals surface area contributed by atoms with Crippen LogP contribution < -0.4 is 5.32 Å². The largest absolute Gasteiger partial charge is 0.310 e. The number of hydrogen-bond donors (Lipinski definition) is 1. The summed E-state index contributed by atoms with van der Waals surface area (Å²) >= 11 is 1.68. The van der Waals surface area contributed by atoms with Crippen molar-refractivity contribution in [3.63, 3.8) is 0 Å². The Kier molecular flexibility index (Phi) is 2.90. The van der Waals surface area contributed by atoms with Crippen molar-refractivity contribution in [2.24, 2.45) is 0 Å². The van der Waals surface area contributed by atoms with Crippen LogP contribution in [0.4, 0.5) is 0 Å². The van der Waals surface area contributed by atoms with E-state index in [1.165, 1.54) is 4.88 Å². The van der Waals surface area contributed by atoms with Crippen molar-refractivity contribution in [2.45, 2.75) is 26.4 Å². The molecule has 0 bridgehead atoms. The summed E-state index contributed by atoms with van der Waals surface area (Å²) in [7, 11) is 0. The highest BCUT2D eigenvalue weighted by atomic mass is 32.1. The second-order valence-corrected chi connectivity index (χ2v) is 3.52. The minimum Gasteiger partial charge on any atom is -0.310 e. The zero-order valence-corrected chi connectivity index (χ0v) is 7.16. The lowest BCUT2D eigenvalue weighted by Gasteiger charge is -2.04. The molecule has 0 aliphatic heterocycles. The molecule has 0 unspecified atom stereocenters. The third-order valence-electron chi connectivity index (χ3n) is 1.21. The van der Waals surface area contributed by atoms with Crippen LogP contribution in [0.5, 0.6) is 0 Å². The molecule has 1 aromatic heterocycles. The molecule has 0 amide bonds. The van der Waals surface area contributed by atoms with Gasteiger partial charge in [0.05, 0.1) is 0 Å². The van der Waals surface area contributed by atoms with Gasteiger partial charge in [-0.2, -0.15) is 0 Å². The molecule has 1 nitrogen and oxygen atoms in total. The smallest absolute Gasteiger partial charge is 0.0446 e. The SMILES string of the molecule is CC(C)NCc1cc[c]s1. The van der Waals surface area contributed by atoms with Crippen molar-refractivity contribution in [3.05, 3.63) is 22.4 Å². The average Bonchev–Trinajstić information content (AvgIpc) is 2.34. The van der Waals surface area contributed by atoms with Crippen LogP contribution in [-0.4, -0.2) is 6.04 Å². The van der Waals surface area contributed by atoms with E-state index < -0.39 is 0 Å². The highest BCUT2D eigenvalue weighted by Crippen LogP contribution is 2.06. The van der Waals surface area contributed by atoms with Crippen LogP contribution in [0.2, 0.25) is 0 Å². The molecule has 1 N–H and O–H groups in total. The Hall–Kier alpha value is -0.340. The standard InChI is InChI=1S/C8H12NS/c1-7(2)9-6-8-4-3-5-10-8/h3-4,7,9H,6H2,1-2H3. The summed E-state index contributed by atoms with van der Waals surface area (Å²) in [5.74, 6) is 0. The van der Waals surface area contributed by atoms with E-state index in [1.54, 1.807) is 11.3 Å². The fourth-order valence-electron chi connectivity index (χ4n) is 0.670. The highest BCUT2D eigenvalue weighted by Gasteiger charge is 1.94. The summed E-state index contributed by atoms with van der Waals surface area (Å²) < 4.78 is 0. The van der Waals surface area contributed by atoms with Crippen molar-refractivity contribution >= 4 is 11.3 Å². The van der Waals surface area contributed by atoms with Gasteiger partial charge in [-0.05, 0) is 12.1 Å². The van der Waals surface area contributed by atoms with E-state index in [0.717, 1.165) is 6.54 Å². The van der Waals surface area contributed by atoms with Gasteiger partial charge in [0.15, 0.2) is 0 Å². The first kappa shape index (κ1) is 7.76. The second kappa shape index (κ2) is 3.74. The molecule has 1 rings (SSSR count). The zero-order chi connectivity index (χ0) is 7.40. The Bertz CT molecular complexity index is 167. The summed E-state index contributed by atoms with van der Waals surface area (Å²) in [6.07, 6.45) is 0. The molecular formula is C8H12NS. The van der Waals surface area contributed by atoms with Gasteiger partial charge in [0, 0.05) is 22.8 Å². The molecule has 10 heavy (non-hydrogen) atoms. The molecule has 0 saturated carbocycles. The van der Waals surface area contributed by atoms with Gasteiger partial charge in [0.2, 0.25) is 0 Å². The molecule has 0 aliphatic carbocycles. The maximum atomic E-state index is 3.34. The minimum absolute atomic E-state index is 0.571. The molecule has 1 heterocycles. The zero-order valence-electron chi connectivity index (χ0n) is 6.35. The fraction of sp³-hybridized carbons (Fsp3) is 0.500. The fourth-order valence-corrected chi connectivity index (χ4v) is 1.25. The van der Waals surface area contributed by atoms with E-state index in [-0.39, 0.29) is 0 Å². The Balaban J connectivity index is 2.28. The number of thiophene rings is 1. The normalized spacial score (nSPS) is 10.7. The van der Waals surface area contributed by atoms with Gasteiger partial charge < -0.3 is 5.32 Å². The summed E-state index contributed by atoms with van der Waals surface area (Å²) in [4.78, 5) is 1.36. The topological polar surface area (TPSA) is 12.0 Å². The summed E-state index contributed by atoms with van der Waals surface area (Å²) in [5.41, 5.74) is 0. The van der Waals surface area contributed by atoms with E-state index in [2.05, 4.69) is 30.6 Å². The van der Waals surface area contributed by atoms with Crippen LogP contribution in [0.3, 0.4) is 0 Å². The van der Waals surface area contributed by atoms with Crippen LogP contribution in [-0.2, 0) is 6.54 Å². The molecule has 0 atom stereocenters. The van der Waals surface area contributed by atoms with Crippen LogP contribution in [0.1, 0.15) is 18.7 Å². The lowest BCUT2D eigenvalue weighted by molar-refractivity contribution is 0.593. The van der Waals surface area contributed by atoms with E-state index in [4.69, 9.17) is 0 Å². The average molecular weight is 154 g/mol. The van der Waals surface area contributed by atoms with E-state index in [9.17, 15) is 0 Å². The predicted octanol–water partition coefficient (Wildman–Crippen LogP) is 2.05. The first-order valence-electron chi connectivity index (χ1n) is 3.47. The van der Waals surface area contributed by atoms with Crippen LogP contribution >= 0.6 is 11.3 Å². The molecular weight excluding hydrogens is 142 g/mol. The number of rotatable bonds is 3. The molecule has 1 radical (unpaired) electrons. The highest BCUT2D eigenvalue weighted by molar-refractivity contribution is 7.09. The van der Waals surface area contributed by atoms with Crippen molar-refractivity contribution in [1.29, 1.82) is 0 Å². The third kappa shape index (κ3) is 2.50. The van der Waals surface area contributed by atoms with E-state index in [0.29, 0.717) is 6.04 Å². The molecule has 0 aromatic carbocycles. The Morgan fingerprint density at radius 3 is 3.00 bits per heavy atom. The second-order valence-electron chi connectivity index (χ2n) is 2.56. The summed E-state index contributed by atoms with van der Waals surface area (Å²) in [5, 5.41) is 6.39. The molecule has 0 spiro atoms. The molecule has 2 heteroatoms. The van der Waals surface area contributed by atoms with Gasteiger partial charge in [0.1, 0.15) is 0 Å². The number of hydrogen-bond acceptors (Lipinski definition) is 2. The predicted molar refractivity (Wildman–Crippen MR) is 45.1 cm³/mol. The first-order chi connectivity index (χ1) is 4.79.